The SMILES string of the molecule is Clc1ccc(-n2nccc2-c2ccc3ncn(-c4ccc(Cl)cc4)c3c2)cc1.FC(F)(F)c1ccc(-n2cnc3ccc(-c4ccnn4-c4ccc(Cl)cc4)cc32)cc1. The molecule has 0 bridgehead atoms. The van der Waals surface area contributed by atoms with Crippen molar-refractivity contribution in [2.75, 3.05) is 0 Å². The number of nitrogens with zero attached hydrogens (tertiary/aromatic N) is 8. The van der Waals surface area contributed by atoms with Crippen LogP contribution >= 0.6 is 34.8 Å². The summed E-state index contributed by atoms with van der Waals surface area (Å²) < 4.78 is 46.2. The molecule has 0 aliphatic carbocycles. The fourth-order valence-electron chi connectivity index (χ4n) is 6.78. The first-order chi connectivity index (χ1) is 28.6. The minimum atomic E-state index is -4.37. The summed E-state index contributed by atoms with van der Waals surface area (Å²) >= 11 is 18.0. The first-order valence-corrected chi connectivity index (χ1v) is 19.2. The van der Waals surface area contributed by atoms with E-state index < -0.39 is 11.7 Å². The van der Waals surface area contributed by atoms with E-state index in [4.69, 9.17) is 34.8 Å². The van der Waals surface area contributed by atoms with Crippen molar-refractivity contribution >= 4 is 56.9 Å². The molecule has 10 aromatic rings. The van der Waals surface area contributed by atoms with Crippen LogP contribution in [0.25, 0.3) is 67.3 Å². The van der Waals surface area contributed by atoms with Crippen LogP contribution in [0, 0.1) is 0 Å². The molecule has 0 amide bonds. The Morgan fingerprint density at radius 2 is 0.797 bits per heavy atom. The summed E-state index contributed by atoms with van der Waals surface area (Å²) in [6.07, 6.45) is 2.57. The fraction of sp³-hybridized carbons (Fsp3) is 0.0222. The normalized spacial score (nSPS) is 11.6. The van der Waals surface area contributed by atoms with Gasteiger partial charge in [-0.15, -0.1) is 0 Å². The standard InChI is InChI=1S/C23H14ClF3N4.C22H14Cl2N4/c24-17-4-8-19(9-5-17)31-21(11-12-29-31)15-1-10-20-22(13-15)30(14-28-20)18-6-2-16(3-7-18)23(25,26)27;23-16-2-6-18(7-3-16)27-14-25-20-10-1-15(13-22(20)27)21-11-12-26-28(21)19-8-4-17(24)5-9-19/h1-14H;1-14H. The number of hydrogen-bond donors (Lipinski definition) is 0. The molecule has 59 heavy (non-hydrogen) atoms. The van der Waals surface area contributed by atoms with Gasteiger partial charge in [0.2, 0.25) is 0 Å². The summed E-state index contributed by atoms with van der Waals surface area (Å²) in [5.41, 5.74) is 10.0. The van der Waals surface area contributed by atoms with E-state index in [1.54, 1.807) is 40.1 Å². The van der Waals surface area contributed by atoms with Crippen LogP contribution in [0.5, 0.6) is 0 Å². The van der Waals surface area contributed by atoms with E-state index in [0.717, 1.165) is 73.8 Å². The van der Waals surface area contributed by atoms with Gasteiger partial charge < -0.3 is 0 Å². The van der Waals surface area contributed by atoms with Crippen molar-refractivity contribution < 1.29 is 13.2 Å². The van der Waals surface area contributed by atoms with Crippen LogP contribution in [0.3, 0.4) is 0 Å². The van der Waals surface area contributed by atoms with Gasteiger partial charge in [0.05, 0.1) is 62.8 Å². The Morgan fingerprint density at radius 1 is 0.424 bits per heavy atom. The lowest BCUT2D eigenvalue weighted by atomic mass is 10.1. The second-order valence-electron chi connectivity index (χ2n) is 13.4. The maximum atomic E-state index is 12.9. The Labute approximate surface area is 349 Å². The Balaban J connectivity index is 0.000000153. The molecule has 4 aromatic heterocycles. The molecule has 8 nitrogen and oxygen atoms in total. The Bertz CT molecular complexity index is 3060. The topological polar surface area (TPSA) is 71.3 Å². The van der Waals surface area contributed by atoms with Crippen molar-refractivity contribution in [3.63, 3.8) is 0 Å². The second kappa shape index (κ2) is 15.6. The van der Waals surface area contributed by atoms with Gasteiger partial charge in [0.25, 0.3) is 0 Å². The quantitative estimate of drug-likeness (QED) is 0.167. The first-order valence-electron chi connectivity index (χ1n) is 18.1. The van der Waals surface area contributed by atoms with E-state index in [0.29, 0.717) is 20.8 Å². The molecule has 0 spiro atoms. The summed E-state index contributed by atoms with van der Waals surface area (Å²) in [5.74, 6) is 0. The zero-order valence-corrected chi connectivity index (χ0v) is 32.8. The van der Waals surface area contributed by atoms with E-state index in [1.165, 1.54) is 12.1 Å². The smallest absolute Gasteiger partial charge is 0.299 e. The van der Waals surface area contributed by atoms with Crippen molar-refractivity contribution in [1.82, 2.24) is 38.7 Å². The van der Waals surface area contributed by atoms with Crippen molar-refractivity contribution in [3.05, 3.63) is 191 Å². The average molecular weight is 844 g/mol. The number of imidazole rings is 2. The molecular weight excluding hydrogens is 816 g/mol. The molecule has 290 valence electrons. The van der Waals surface area contributed by atoms with Crippen LogP contribution < -0.4 is 0 Å². The lowest BCUT2D eigenvalue weighted by Gasteiger charge is -2.10. The molecule has 0 saturated heterocycles. The summed E-state index contributed by atoms with van der Waals surface area (Å²) in [5, 5.41) is 11.0. The summed E-state index contributed by atoms with van der Waals surface area (Å²) in [6, 6.07) is 43.6. The predicted molar refractivity (Wildman–Crippen MR) is 227 cm³/mol. The van der Waals surface area contributed by atoms with Gasteiger partial charge in [-0.3, -0.25) is 9.13 Å². The van der Waals surface area contributed by atoms with E-state index in [2.05, 4.69) is 36.9 Å². The number of fused-ring (bicyclic) bond motifs is 2. The van der Waals surface area contributed by atoms with Gasteiger partial charge in [0, 0.05) is 37.6 Å². The maximum absolute atomic E-state index is 12.9. The van der Waals surface area contributed by atoms with Crippen LogP contribution in [0.2, 0.25) is 15.1 Å². The molecule has 6 aromatic carbocycles. The molecule has 0 atom stereocenters. The van der Waals surface area contributed by atoms with Gasteiger partial charge in [0.1, 0.15) is 12.7 Å². The largest absolute Gasteiger partial charge is 0.416 e. The fourth-order valence-corrected chi connectivity index (χ4v) is 7.16. The number of hydrogen-bond acceptors (Lipinski definition) is 4. The van der Waals surface area contributed by atoms with E-state index in [-0.39, 0.29) is 0 Å². The third kappa shape index (κ3) is 7.71. The molecule has 0 aliphatic heterocycles. The van der Waals surface area contributed by atoms with Crippen LogP contribution in [0.15, 0.2) is 171 Å². The van der Waals surface area contributed by atoms with E-state index >= 15 is 0 Å². The van der Waals surface area contributed by atoms with Crippen molar-refractivity contribution in [2.24, 2.45) is 0 Å². The van der Waals surface area contributed by atoms with Gasteiger partial charge in [0.15, 0.2) is 0 Å². The van der Waals surface area contributed by atoms with Gasteiger partial charge in [-0.2, -0.15) is 23.4 Å². The Morgan fingerprint density at radius 3 is 1.19 bits per heavy atom. The predicted octanol–water partition coefficient (Wildman–Crippen LogP) is 12.7. The third-order valence-corrected chi connectivity index (χ3v) is 10.4. The molecule has 0 saturated carbocycles. The average Bonchev–Trinajstić information content (AvgIpc) is 4.08. The highest BCUT2D eigenvalue weighted by Gasteiger charge is 2.30. The van der Waals surface area contributed by atoms with E-state index in [1.807, 2.05) is 108 Å². The summed E-state index contributed by atoms with van der Waals surface area (Å²) in [7, 11) is 0. The Hall–Kier alpha value is -6.66. The summed E-state index contributed by atoms with van der Waals surface area (Å²) in [6.45, 7) is 0. The maximum Gasteiger partial charge on any atom is 0.416 e. The molecule has 0 radical (unpaired) electrons. The molecule has 0 aliphatic rings. The van der Waals surface area contributed by atoms with Gasteiger partial charge >= 0.3 is 6.18 Å². The zero-order valence-electron chi connectivity index (χ0n) is 30.5. The van der Waals surface area contributed by atoms with Crippen LogP contribution in [-0.2, 0) is 6.18 Å². The summed E-state index contributed by atoms with van der Waals surface area (Å²) in [4.78, 5) is 8.91. The molecule has 0 fully saturated rings. The molecule has 4 heterocycles. The lowest BCUT2D eigenvalue weighted by molar-refractivity contribution is -0.137. The highest BCUT2D eigenvalue weighted by molar-refractivity contribution is 6.31. The van der Waals surface area contributed by atoms with E-state index in [9.17, 15) is 13.2 Å². The third-order valence-electron chi connectivity index (χ3n) is 9.69. The molecular formula is C45H28Cl3F3N8. The first kappa shape index (κ1) is 37.9. The monoisotopic (exact) mass is 842 g/mol. The minimum absolute atomic E-state index is 0.596. The zero-order chi connectivity index (χ0) is 40.7. The van der Waals surface area contributed by atoms with Crippen LogP contribution in [0.1, 0.15) is 5.56 Å². The van der Waals surface area contributed by atoms with Gasteiger partial charge in [-0.1, -0.05) is 46.9 Å². The number of aromatic nitrogens is 8. The van der Waals surface area contributed by atoms with Gasteiger partial charge in [-0.25, -0.2) is 19.3 Å². The Kier molecular flexibility index (Phi) is 10.0. The second-order valence-corrected chi connectivity index (χ2v) is 14.7. The number of rotatable bonds is 6. The minimum Gasteiger partial charge on any atom is -0.299 e. The van der Waals surface area contributed by atoms with Crippen LogP contribution in [-0.4, -0.2) is 38.7 Å². The molecule has 14 heteroatoms. The lowest BCUT2D eigenvalue weighted by Crippen LogP contribution is -2.04. The molecule has 10 rings (SSSR count). The van der Waals surface area contributed by atoms with Crippen molar-refractivity contribution in [3.8, 4) is 45.3 Å². The molecule has 0 N–H and O–H groups in total. The number of alkyl halides is 3. The van der Waals surface area contributed by atoms with Gasteiger partial charge in [-0.05, 0) is 133 Å². The van der Waals surface area contributed by atoms with Crippen LogP contribution in [0.4, 0.5) is 13.2 Å². The molecule has 0 unspecified atom stereocenters. The van der Waals surface area contributed by atoms with Crippen molar-refractivity contribution in [1.29, 1.82) is 0 Å². The highest BCUT2D eigenvalue weighted by Crippen LogP contribution is 2.32. The highest BCUT2D eigenvalue weighted by atomic mass is 35.5. The number of benzene rings is 6. The number of halogens is 6. The van der Waals surface area contributed by atoms with Crippen molar-refractivity contribution in [2.45, 2.75) is 6.18 Å².